The molecule has 2 rings (SSSR count). The first-order valence-electron chi connectivity index (χ1n) is 7.75. The Kier molecular flexibility index (Phi) is 7.16. The number of carbonyl (C=O) groups is 3. The minimum atomic E-state index is -0.556. The summed E-state index contributed by atoms with van der Waals surface area (Å²) in [6.45, 7) is 1.80. The van der Waals surface area contributed by atoms with Crippen LogP contribution in [0.1, 0.15) is 38.9 Å². The van der Waals surface area contributed by atoms with Crippen LogP contribution in [0.25, 0.3) is 0 Å². The minimum absolute atomic E-state index is 0.0414. The Morgan fingerprint density at radius 2 is 1.84 bits per heavy atom. The standard InChI is InChI=1S/C18H18ClNO4S/c1-12(21)20-10-2-3-13-4-6-14(7-5-13)15(22)11-24-18(23)16-8-9-17(19)25-16/h4-9H,2-3,10-11H2,1H3,(H,20,21). The van der Waals surface area contributed by atoms with Gasteiger partial charge < -0.3 is 10.1 Å². The molecule has 0 saturated carbocycles. The van der Waals surface area contributed by atoms with Crippen LogP contribution in [0.3, 0.4) is 0 Å². The van der Waals surface area contributed by atoms with E-state index < -0.39 is 5.97 Å². The Hall–Kier alpha value is -2.18. The van der Waals surface area contributed by atoms with Crippen molar-refractivity contribution in [3.8, 4) is 0 Å². The Bertz CT molecular complexity index is 755. The minimum Gasteiger partial charge on any atom is -0.453 e. The highest BCUT2D eigenvalue weighted by Crippen LogP contribution is 2.22. The molecule has 1 heterocycles. The summed E-state index contributed by atoms with van der Waals surface area (Å²) in [5.41, 5.74) is 1.56. The molecule has 1 amide bonds. The number of nitrogens with one attached hydrogen (secondary N) is 1. The van der Waals surface area contributed by atoms with E-state index in [1.54, 1.807) is 24.3 Å². The lowest BCUT2D eigenvalue weighted by Gasteiger charge is -2.05. The summed E-state index contributed by atoms with van der Waals surface area (Å²) >= 11 is 6.87. The molecule has 5 nitrogen and oxygen atoms in total. The summed E-state index contributed by atoms with van der Waals surface area (Å²) in [4.78, 5) is 35.0. The predicted octanol–water partition coefficient (Wildman–Crippen LogP) is 3.51. The summed E-state index contributed by atoms with van der Waals surface area (Å²) in [6, 6.07) is 10.3. The zero-order chi connectivity index (χ0) is 18.2. The molecule has 1 aromatic carbocycles. The van der Waals surface area contributed by atoms with Crippen molar-refractivity contribution in [3.05, 3.63) is 56.7 Å². The van der Waals surface area contributed by atoms with E-state index in [1.165, 1.54) is 6.92 Å². The van der Waals surface area contributed by atoms with Gasteiger partial charge in [0.25, 0.3) is 0 Å². The molecule has 0 radical (unpaired) electrons. The third-order valence-electron chi connectivity index (χ3n) is 3.40. The van der Waals surface area contributed by atoms with Gasteiger partial charge in [-0.15, -0.1) is 11.3 Å². The van der Waals surface area contributed by atoms with Crippen LogP contribution in [0.2, 0.25) is 4.34 Å². The third kappa shape index (κ3) is 6.32. The van der Waals surface area contributed by atoms with Crippen LogP contribution < -0.4 is 5.32 Å². The van der Waals surface area contributed by atoms with Gasteiger partial charge in [0, 0.05) is 19.0 Å². The molecular formula is C18H18ClNO4S. The smallest absolute Gasteiger partial charge is 0.348 e. The molecule has 0 saturated heterocycles. The van der Waals surface area contributed by atoms with E-state index in [1.807, 2.05) is 12.1 Å². The van der Waals surface area contributed by atoms with Gasteiger partial charge in [-0.3, -0.25) is 9.59 Å². The average molecular weight is 380 g/mol. The second-order valence-corrected chi connectivity index (χ2v) is 7.10. The number of ketones is 1. The summed E-state index contributed by atoms with van der Waals surface area (Å²) in [5.74, 6) is -0.860. The number of carbonyl (C=O) groups excluding carboxylic acids is 3. The maximum atomic E-state index is 12.1. The fourth-order valence-electron chi connectivity index (χ4n) is 2.12. The first kappa shape index (κ1) is 19.1. The van der Waals surface area contributed by atoms with Crippen molar-refractivity contribution in [3.63, 3.8) is 0 Å². The normalized spacial score (nSPS) is 10.3. The molecule has 1 N–H and O–H groups in total. The molecule has 0 bridgehead atoms. The number of halogens is 1. The maximum absolute atomic E-state index is 12.1. The van der Waals surface area contributed by atoms with Crippen LogP contribution in [0.15, 0.2) is 36.4 Å². The number of amides is 1. The number of thiophene rings is 1. The van der Waals surface area contributed by atoms with E-state index in [0.29, 0.717) is 21.3 Å². The van der Waals surface area contributed by atoms with Gasteiger partial charge in [-0.25, -0.2) is 4.79 Å². The molecule has 0 aliphatic carbocycles. The molecular weight excluding hydrogens is 362 g/mol. The molecule has 7 heteroatoms. The van der Waals surface area contributed by atoms with Gasteiger partial charge in [0.15, 0.2) is 12.4 Å². The highest BCUT2D eigenvalue weighted by molar-refractivity contribution is 7.17. The fourth-order valence-corrected chi connectivity index (χ4v) is 3.06. The molecule has 0 fully saturated rings. The van der Waals surface area contributed by atoms with Gasteiger partial charge in [0.1, 0.15) is 4.88 Å². The van der Waals surface area contributed by atoms with Crippen LogP contribution in [0, 0.1) is 0 Å². The Morgan fingerprint density at radius 1 is 1.12 bits per heavy atom. The topological polar surface area (TPSA) is 72.5 Å². The second kappa shape index (κ2) is 9.34. The summed E-state index contributed by atoms with van der Waals surface area (Å²) < 4.78 is 5.51. The van der Waals surface area contributed by atoms with Crippen LogP contribution in [-0.2, 0) is 16.0 Å². The van der Waals surface area contributed by atoms with Crippen molar-refractivity contribution in [1.29, 1.82) is 0 Å². The van der Waals surface area contributed by atoms with Gasteiger partial charge in [-0.2, -0.15) is 0 Å². The van der Waals surface area contributed by atoms with E-state index in [9.17, 15) is 14.4 Å². The largest absolute Gasteiger partial charge is 0.453 e. The van der Waals surface area contributed by atoms with E-state index >= 15 is 0 Å². The van der Waals surface area contributed by atoms with Crippen LogP contribution in [0.5, 0.6) is 0 Å². The highest BCUT2D eigenvalue weighted by Gasteiger charge is 2.13. The van der Waals surface area contributed by atoms with Gasteiger partial charge in [-0.05, 0) is 30.5 Å². The van der Waals surface area contributed by atoms with Crippen molar-refractivity contribution in [1.82, 2.24) is 5.32 Å². The van der Waals surface area contributed by atoms with Crippen LogP contribution in [-0.4, -0.2) is 30.8 Å². The molecule has 0 atom stereocenters. The van der Waals surface area contributed by atoms with E-state index in [2.05, 4.69) is 5.32 Å². The zero-order valence-corrected chi connectivity index (χ0v) is 15.3. The summed E-state index contributed by atoms with van der Waals surface area (Å²) in [7, 11) is 0. The van der Waals surface area contributed by atoms with Crippen molar-refractivity contribution >= 4 is 40.6 Å². The number of hydrogen-bond donors (Lipinski definition) is 1. The molecule has 132 valence electrons. The highest BCUT2D eigenvalue weighted by atomic mass is 35.5. The van der Waals surface area contributed by atoms with Crippen molar-refractivity contribution < 1.29 is 19.1 Å². The lowest BCUT2D eigenvalue weighted by atomic mass is 10.1. The molecule has 25 heavy (non-hydrogen) atoms. The van der Waals surface area contributed by atoms with Crippen molar-refractivity contribution in [2.45, 2.75) is 19.8 Å². The zero-order valence-electron chi connectivity index (χ0n) is 13.7. The quantitative estimate of drug-likeness (QED) is 0.432. The first-order valence-corrected chi connectivity index (χ1v) is 8.94. The van der Waals surface area contributed by atoms with Crippen LogP contribution in [0.4, 0.5) is 0 Å². The van der Waals surface area contributed by atoms with Crippen LogP contribution >= 0.6 is 22.9 Å². The Morgan fingerprint density at radius 3 is 2.44 bits per heavy atom. The summed E-state index contributed by atoms with van der Waals surface area (Å²) in [5, 5.41) is 2.74. The lowest BCUT2D eigenvalue weighted by Crippen LogP contribution is -2.21. The van der Waals surface area contributed by atoms with Gasteiger partial charge in [0.2, 0.25) is 5.91 Å². The van der Waals surface area contributed by atoms with Crippen molar-refractivity contribution in [2.75, 3.05) is 13.2 Å². The van der Waals surface area contributed by atoms with Gasteiger partial charge in [0.05, 0.1) is 4.34 Å². The third-order valence-corrected chi connectivity index (χ3v) is 4.61. The predicted molar refractivity (Wildman–Crippen MR) is 97.4 cm³/mol. The number of aryl methyl sites for hydroxylation is 1. The number of hydrogen-bond acceptors (Lipinski definition) is 5. The Balaban J connectivity index is 1.79. The van der Waals surface area contributed by atoms with Gasteiger partial charge in [-0.1, -0.05) is 35.9 Å². The molecule has 0 aliphatic heterocycles. The number of Topliss-reactive ketones (excluding diaryl/α,β-unsaturated/α-hetero) is 1. The number of rotatable bonds is 8. The SMILES string of the molecule is CC(=O)NCCCc1ccc(C(=O)COC(=O)c2ccc(Cl)s2)cc1. The van der Waals surface area contributed by atoms with Gasteiger partial charge >= 0.3 is 5.97 Å². The lowest BCUT2D eigenvalue weighted by molar-refractivity contribution is -0.118. The van der Waals surface area contributed by atoms with E-state index in [0.717, 1.165) is 29.7 Å². The van der Waals surface area contributed by atoms with E-state index in [4.69, 9.17) is 16.3 Å². The number of ether oxygens (including phenoxy) is 1. The summed E-state index contributed by atoms with van der Waals surface area (Å²) in [6.07, 6.45) is 1.64. The average Bonchev–Trinajstić information content (AvgIpc) is 3.03. The molecule has 0 spiro atoms. The molecule has 0 unspecified atom stereocenters. The number of benzene rings is 1. The molecule has 2 aromatic rings. The first-order chi connectivity index (χ1) is 12.0. The maximum Gasteiger partial charge on any atom is 0.348 e. The second-order valence-electron chi connectivity index (χ2n) is 5.39. The molecule has 1 aromatic heterocycles. The Labute approximate surface area is 154 Å². The van der Waals surface area contributed by atoms with E-state index in [-0.39, 0.29) is 18.3 Å². The fraction of sp³-hybridized carbons (Fsp3) is 0.278. The number of esters is 1. The van der Waals surface area contributed by atoms with Crippen molar-refractivity contribution in [2.24, 2.45) is 0 Å². The molecule has 0 aliphatic rings. The monoisotopic (exact) mass is 379 g/mol.